The van der Waals surface area contributed by atoms with Crippen LogP contribution in [-0.4, -0.2) is 18.3 Å². The molecule has 4 aromatic carbocycles. The van der Waals surface area contributed by atoms with Gasteiger partial charge in [0.2, 0.25) is 0 Å². The van der Waals surface area contributed by atoms with Gasteiger partial charge in [0.05, 0.1) is 20.4 Å². The number of benzene rings is 4. The highest BCUT2D eigenvalue weighted by molar-refractivity contribution is 7.81. The van der Waals surface area contributed by atoms with Gasteiger partial charge in [0.25, 0.3) is 0 Å². The Hall–Kier alpha value is -3.43. The highest BCUT2D eigenvalue weighted by Crippen LogP contribution is 2.58. The van der Waals surface area contributed by atoms with Crippen molar-refractivity contribution in [1.29, 1.82) is 0 Å². The van der Waals surface area contributed by atoms with Crippen LogP contribution in [-0.2, 0) is 11.1 Å². The van der Waals surface area contributed by atoms with E-state index in [0.29, 0.717) is 6.54 Å². The van der Waals surface area contributed by atoms with Gasteiger partial charge in [0.15, 0.2) is 0 Å². The number of hydrogen-bond donors (Lipinski definition) is 0. The Morgan fingerprint density at radius 1 is 0.683 bits per heavy atom. The SMILES string of the molecule is C[C@H](c1ccccc1)N(Cc1ccccc1)[C@H](c1ccco1)[C@@H]([Si](C)(C)C)P(=O)(c1ccccc1)c1ccccc1. The van der Waals surface area contributed by atoms with Gasteiger partial charge in [-0.2, -0.15) is 0 Å². The summed E-state index contributed by atoms with van der Waals surface area (Å²) in [7, 11) is -5.38. The first-order valence-corrected chi connectivity index (χ1v) is 19.7. The number of furan rings is 1. The Kier molecular flexibility index (Phi) is 8.94. The summed E-state index contributed by atoms with van der Waals surface area (Å²) in [4.78, 5) is 2.53. The highest BCUT2D eigenvalue weighted by Gasteiger charge is 2.52. The number of nitrogens with zero attached hydrogens (tertiary/aromatic N) is 1. The second-order valence-corrected chi connectivity index (χ2v) is 20.6. The Balaban J connectivity index is 1.79. The lowest BCUT2D eigenvalue weighted by atomic mass is 10.0. The first-order valence-electron chi connectivity index (χ1n) is 14.4. The lowest BCUT2D eigenvalue weighted by Crippen LogP contribution is -2.52. The third-order valence-corrected chi connectivity index (χ3v) is 16.7. The van der Waals surface area contributed by atoms with Crippen LogP contribution in [0.15, 0.2) is 144 Å². The van der Waals surface area contributed by atoms with Crippen molar-refractivity contribution in [2.45, 2.75) is 50.5 Å². The van der Waals surface area contributed by atoms with E-state index in [0.717, 1.165) is 16.4 Å². The molecule has 41 heavy (non-hydrogen) atoms. The minimum atomic E-state index is -3.18. The van der Waals surface area contributed by atoms with Gasteiger partial charge in [-0.1, -0.05) is 141 Å². The zero-order chi connectivity index (χ0) is 28.9. The van der Waals surface area contributed by atoms with Crippen LogP contribution < -0.4 is 10.6 Å². The molecule has 0 aliphatic rings. The molecule has 0 saturated heterocycles. The molecule has 0 unspecified atom stereocenters. The van der Waals surface area contributed by atoms with Crippen LogP contribution in [0.25, 0.3) is 0 Å². The molecule has 3 atom stereocenters. The van der Waals surface area contributed by atoms with Gasteiger partial charge in [-0.05, 0) is 30.2 Å². The minimum absolute atomic E-state index is 0.0466. The van der Waals surface area contributed by atoms with Gasteiger partial charge >= 0.3 is 0 Å². The Labute approximate surface area is 246 Å². The topological polar surface area (TPSA) is 33.5 Å². The predicted molar refractivity (Wildman–Crippen MR) is 175 cm³/mol. The Morgan fingerprint density at radius 2 is 1.17 bits per heavy atom. The molecule has 5 heteroatoms. The van der Waals surface area contributed by atoms with Crippen molar-refractivity contribution in [1.82, 2.24) is 4.90 Å². The maximum atomic E-state index is 16.2. The normalized spacial score (nSPS) is 14.5. The van der Waals surface area contributed by atoms with E-state index in [4.69, 9.17) is 4.42 Å². The van der Waals surface area contributed by atoms with Gasteiger partial charge in [0.1, 0.15) is 12.9 Å². The van der Waals surface area contributed by atoms with Crippen molar-refractivity contribution in [2.75, 3.05) is 0 Å². The number of rotatable bonds is 11. The molecule has 0 N–H and O–H groups in total. The van der Waals surface area contributed by atoms with Crippen molar-refractivity contribution in [3.05, 3.63) is 157 Å². The molecule has 0 bridgehead atoms. The van der Waals surface area contributed by atoms with Crippen LogP contribution in [0.2, 0.25) is 19.6 Å². The fraction of sp³-hybridized carbons (Fsp3) is 0.222. The van der Waals surface area contributed by atoms with Crippen LogP contribution in [0.1, 0.15) is 35.9 Å². The summed E-state index contributed by atoms with van der Waals surface area (Å²) in [5.41, 5.74) is 2.44. The minimum Gasteiger partial charge on any atom is -0.468 e. The van der Waals surface area contributed by atoms with E-state index >= 15 is 4.57 Å². The van der Waals surface area contributed by atoms with E-state index in [-0.39, 0.29) is 17.4 Å². The number of hydrogen-bond acceptors (Lipinski definition) is 3. The molecule has 0 aliphatic heterocycles. The van der Waals surface area contributed by atoms with Gasteiger partial charge in [-0.25, -0.2) is 0 Å². The molecule has 1 aromatic heterocycles. The van der Waals surface area contributed by atoms with Gasteiger partial charge in [-0.15, -0.1) is 0 Å². The standard InChI is InChI=1S/C36H40NO2PSi/c1-29(31-20-11-6-12-21-31)37(28-30-18-9-5-10-19-30)35(34-26-17-27-39-34)36(41(2,3)4)40(38,32-22-13-7-14-23-32)33-24-15-8-16-25-33/h5-27,29,35-36H,28H2,1-4H3/t29-,35-,36-/m1/s1. The third-order valence-electron chi connectivity index (χ3n) is 8.04. The van der Waals surface area contributed by atoms with Crippen molar-refractivity contribution in [2.24, 2.45) is 0 Å². The molecule has 5 aromatic rings. The molecule has 5 rings (SSSR count). The molecule has 0 fully saturated rings. The molecular formula is C36H40NO2PSi. The summed E-state index contributed by atoms with van der Waals surface area (Å²) < 4.78 is 22.5. The largest absolute Gasteiger partial charge is 0.468 e. The smallest absolute Gasteiger partial charge is 0.145 e. The summed E-state index contributed by atoms with van der Waals surface area (Å²) in [6.07, 6.45) is 1.76. The molecule has 0 aliphatic carbocycles. The average Bonchev–Trinajstić information content (AvgIpc) is 3.54. The van der Waals surface area contributed by atoms with Gasteiger partial charge < -0.3 is 8.98 Å². The molecule has 0 amide bonds. The maximum Gasteiger partial charge on any atom is 0.145 e. The van der Waals surface area contributed by atoms with E-state index in [2.05, 4.69) is 122 Å². The first-order chi connectivity index (χ1) is 19.8. The first kappa shape index (κ1) is 29.1. The van der Waals surface area contributed by atoms with Crippen LogP contribution in [0.5, 0.6) is 0 Å². The van der Waals surface area contributed by atoms with Crippen molar-refractivity contribution in [3.8, 4) is 0 Å². The lowest BCUT2D eigenvalue weighted by molar-refractivity contribution is 0.122. The van der Waals surface area contributed by atoms with Gasteiger partial charge in [0, 0.05) is 28.5 Å². The predicted octanol–water partition coefficient (Wildman–Crippen LogP) is 8.84. The van der Waals surface area contributed by atoms with Crippen LogP contribution in [0.4, 0.5) is 0 Å². The fourth-order valence-corrected chi connectivity index (χ4v) is 15.6. The summed E-state index contributed by atoms with van der Waals surface area (Å²) in [5, 5.41) is 1.64. The van der Waals surface area contributed by atoms with Crippen LogP contribution in [0.3, 0.4) is 0 Å². The summed E-state index contributed by atoms with van der Waals surface area (Å²) >= 11 is 0. The molecular weight excluding hydrogens is 537 g/mol. The Bertz CT molecular complexity index is 1490. The monoisotopic (exact) mass is 577 g/mol. The lowest BCUT2D eigenvalue weighted by Gasteiger charge is -2.47. The highest BCUT2D eigenvalue weighted by atomic mass is 31.2. The molecule has 210 valence electrons. The molecule has 3 nitrogen and oxygen atoms in total. The van der Waals surface area contributed by atoms with E-state index < -0.39 is 15.2 Å². The average molecular weight is 578 g/mol. The van der Waals surface area contributed by atoms with E-state index in [1.165, 1.54) is 11.1 Å². The molecule has 1 heterocycles. The molecule has 0 spiro atoms. The van der Waals surface area contributed by atoms with E-state index in [1.807, 2.05) is 42.5 Å². The van der Waals surface area contributed by atoms with E-state index in [1.54, 1.807) is 6.26 Å². The van der Waals surface area contributed by atoms with Crippen LogP contribution in [0, 0.1) is 0 Å². The van der Waals surface area contributed by atoms with Crippen LogP contribution >= 0.6 is 7.14 Å². The van der Waals surface area contributed by atoms with E-state index in [9.17, 15) is 0 Å². The zero-order valence-electron chi connectivity index (χ0n) is 24.4. The second kappa shape index (κ2) is 12.6. The van der Waals surface area contributed by atoms with Crippen molar-refractivity contribution < 1.29 is 8.98 Å². The maximum absolute atomic E-state index is 16.2. The van der Waals surface area contributed by atoms with Gasteiger partial charge in [-0.3, -0.25) is 4.90 Å². The summed E-state index contributed by atoms with van der Waals surface area (Å²) in [5.74, 6) is 0.864. The third kappa shape index (κ3) is 6.26. The van der Waals surface area contributed by atoms with Crippen molar-refractivity contribution in [3.63, 3.8) is 0 Å². The Morgan fingerprint density at radius 3 is 1.63 bits per heavy atom. The molecule has 0 radical (unpaired) electrons. The summed E-state index contributed by atoms with van der Waals surface area (Å²) in [6.45, 7) is 10.1. The zero-order valence-corrected chi connectivity index (χ0v) is 26.3. The second-order valence-electron chi connectivity index (χ2n) is 11.8. The van der Waals surface area contributed by atoms with Crippen molar-refractivity contribution >= 4 is 25.8 Å². The molecule has 0 saturated carbocycles. The summed E-state index contributed by atoms with van der Waals surface area (Å²) in [6, 6.07) is 45.4. The fourth-order valence-electron chi connectivity index (χ4n) is 6.14. The quantitative estimate of drug-likeness (QED) is 0.116.